The Bertz CT molecular complexity index is 567. The minimum atomic E-state index is -0.883. The van der Waals surface area contributed by atoms with E-state index in [0.717, 1.165) is 0 Å². The summed E-state index contributed by atoms with van der Waals surface area (Å²) in [5.74, 6) is 0.183. The second-order valence-electron chi connectivity index (χ2n) is 5.15. The van der Waals surface area contributed by atoms with Gasteiger partial charge in [-0.2, -0.15) is 0 Å². The summed E-state index contributed by atoms with van der Waals surface area (Å²) in [4.78, 5) is 24.5. The molecule has 8 heteroatoms. The van der Waals surface area contributed by atoms with Crippen molar-refractivity contribution in [3.8, 4) is 11.5 Å². The summed E-state index contributed by atoms with van der Waals surface area (Å²) >= 11 is 0. The van der Waals surface area contributed by atoms with Crippen molar-refractivity contribution < 1.29 is 24.2 Å². The van der Waals surface area contributed by atoms with E-state index in [9.17, 15) is 9.59 Å². The van der Waals surface area contributed by atoms with E-state index in [1.54, 1.807) is 37.1 Å². The fraction of sp³-hybridized carbons (Fsp3) is 0.467. The average molecular weight is 345 g/mol. The normalized spacial score (nSPS) is 13.9. The van der Waals surface area contributed by atoms with Gasteiger partial charge in [-0.1, -0.05) is 0 Å². The molecule has 1 amide bonds. The minimum Gasteiger partial charge on any atom is -0.486 e. The lowest BCUT2D eigenvalue weighted by Crippen LogP contribution is -2.40. The van der Waals surface area contributed by atoms with Crippen LogP contribution in [-0.2, 0) is 9.59 Å². The summed E-state index contributed by atoms with van der Waals surface area (Å²) in [7, 11) is 1.72. The predicted molar refractivity (Wildman–Crippen MR) is 87.7 cm³/mol. The van der Waals surface area contributed by atoms with Gasteiger partial charge in [0.2, 0.25) is 5.91 Å². The van der Waals surface area contributed by atoms with Gasteiger partial charge in [0.1, 0.15) is 13.2 Å². The lowest BCUT2D eigenvalue weighted by atomic mass is 10.2. The number of fused-ring (bicyclic) bond motifs is 1. The molecular weight excluding hydrogens is 324 g/mol. The Morgan fingerprint density at radius 1 is 1.30 bits per heavy atom. The monoisotopic (exact) mass is 344 g/mol. The highest BCUT2D eigenvalue weighted by Gasteiger charge is 2.19. The number of amides is 1. The highest BCUT2D eigenvalue weighted by Crippen LogP contribution is 2.32. The first-order valence-corrected chi connectivity index (χ1v) is 7.10. The Balaban J connectivity index is 0.00000264. The zero-order chi connectivity index (χ0) is 16.1. The SMILES string of the molecule is CC(C(=O)Nc1ccc2c(c1)OCCO2)N(C)CCC(=O)O.Cl. The van der Waals surface area contributed by atoms with Crippen molar-refractivity contribution in [3.63, 3.8) is 0 Å². The molecule has 0 aliphatic carbocycles. The molecule has 1 aromatic carbocycles. The molecule has 2 N–H and O–H groups in total. The Labute approximate surface area is 141 Å². The molecule has 1 aromatic rings. The van der Waals surface area contributed by atoms with Gasteiger partial charge in [-0.3, -0.25) is 14.5 Å². The molecule has 1 aliphatic heterocycles. The third-order valence-corrected chi connectivity index (χ3v) is 3.53. The highest BCUT2D eigenvalue weighted by atomic mass is 35.5. The van der Waals surface area contributed by atoms with Crippen LogP contribution < -0.4 is 14.8 Å². The largest absolute Gasteiger partial charge is 0.486 e. The number of nitrogens with zero attached hydrogens (tertiary/aromatic N) is 1. The van der Waals surface area contributed by atoms with E-state index in [0.29, 0.717) is 36.9 Å². The fourth-order valence-corrected chi connectivity index (χ4v) is 2.03. The van der Waals surface area contributed by atoms with E-state index < -0.39 is 12.0 Å². The number of halogens is 1. The van der Waals surface area contributed by atoms with Crippen molar-refractivity contribution in [2.75, 3.05) is 32.1 Å². The number of carboxylic acids is 1. The second kappa shape index (κ2) is 8.59. The summed E-state index contributed by atoms with van der Waals surface area (Å²) in [5, 5.41) is 11.5. The molecule has 1 atom stereocenters. The first-order valence-electron chi connectivity index (χ1n) is 7.10. The number of nitrogens with one attached hydrogen (secondary N) is 1. The van der Waals surface area contributed by atoms with Crippen LogP contribution in [0.3, 0.4) is 0 Å². The molecule has 0 spiro atoms. The molecule has 0 radical (unpaired) electrons. The van der Waals surface area contributed by atoms with Crippen LogP contribution in [0, 0.1) is 0 Å². The van der Waals surface area contributed by atoms with E-state index in [-0.39, 0.29) is 24.7 Å². The third kappa shape index (κ3) is 5.30. The molecule has 1 heterocycles. The molecule has 0 saturated carbocycles. The molecular formula is C15H21ClN2O5. The maximum absolute atomic E-state index is 12.2. The van der Waals surface area contributed by atoms with E-state index >= 15 is 0 Å². The summed E-state index contributed by atoms with van der Waals surface area (Å²) in [6, 6.07) is 4.78. The van der Waals surface area contributed by atoms with E-state index in [1.807, 2.05) is 0 Å². The number of likely N-dealkylation sites (N-methyl/N-ethyl adjacent to an activating group) is 1. The number of hydrogen-bond acceptors (Lipinski definition) is 5. The van der Waals surface area contributed by atoms with Crippen LogP contribution in [0.1, 0.15) is 13.3 Å². The van der Waals surface area contributed by atoms with Crippen LogP contribution in [-0.4, -0.2) is 54.7 Å². The number of hydrogen-bond donors (Lipinski definition) is 2. The number of anilines is 1. The average Bonchev–Trinajstić information content (AvgIpc) is 2.51. The fourth-order valence-electron chi connectivity index (χ4n) is 2.03. The summed E-state index contributed by atoms with van der Waals surface area (Å²) in [5.41, 5.74) is 0.618. The van der Waals surface area contributed by atoms with Crippen LogP contribution in [0.5, 0.6) is 11.5 Å². The summed E-state index contributed by atoms with van der Waals surface area (Å²) in [6.07, 6.45) is -0.00184. The number of carbonyl (C=O) groups excluding carboxylic acids is 1. The molecule has 2 rings (SSSR count). The molecule has 1 aliphatic rings. The van der Waals surface area contributed by atoms with E-state index in [4.69, 9.17) is 14.6 Å². The van der Waals surface area contributed by atoms with Crippen LogP contribution >= 0.6 is 12.4 Å². The number of carboxylic acid groups (broad SMARTS) is 1. The van der Waals surface area contributed by atoms with Crippen LogP contribution in [0.25, 0.3) is 0 Å². The maximum Gasteiger partial charge on any atom is 0.304 e. The molecule has 1 unspecified atom stereocenters. The quantitative estimate of drug-likeness (QED) is 0.815. The second-order valence-corrected chi connectivity index (χ2v) is 5.15. The predicted octanol–water partition coefficient (Wildman–Crippen LogP) is 1.61. The van der Waals surface area contributed by atoms with Gasteiger partial charge in [0.05, 0.1) is 12.5 Å². The molecule has 128 valence electrons. The number of benzene rings is 1. The lowest BCUT2D eigenvalue weighted by molar-refractivity contribution is -0.137. The standard InChI is InChI=1S/C15H20N2O5.ClH/c1-10(17(2)6-5-14(18)19)15(20)16-11-3-4-12-13(9-11)22-8-7-21-12;/h3-4,9-10H,5-8H2,1-2H3,(H,16,20)(H,18,19);1H. The number of aliphatic carboxylic acids is 1. The molecule has 0 fully saturated rings. The first kappa shape index (κ1) is 19.1. The van der Waals surface area contributed by atoms with Gasteiger partial charge in [-0.15, -0.1) is 12.4 Å². The lowest BCUT2D eigenvalue weighted by Gasteiger charge is -2.23. The molecule has 0 aromatic heterocycles. The van der Waals surface area contributed by atoms with Gasteiger partial charge >= 0.3 is 5.97 Å². The Kier molecular flexibility index (Phi) is 7.12. The van der Waals surface area contributed by atoms with Crippen LogP contribution in [0.15, 0.2) is 18.2 Å². The van der Waals surface area contributed by atoms with Crippen molar-refractivity contribution in [2.45, 2.75) is 19.4 Å². The molecule has 23 heavy (non-hydrogen) atoms. The van der Waals surface area contributed by atoms with Crippen molar-refractivity contribution >= 4 is 30.0 Å². The number of ether oxygens (including phenoxy) is 2. The van der Waals surface area contributed by atoms with Gasteiger partial charge in [-0.05, 0) is 26.1 Å². The van der Waals surface area contributed by atoms with Gasteiger partial charge < -0.3 is 19.9 Å². The summed E-state index contributed by atoms with van der Waals surface area (Å²) < 4.78 is 10.9. The minimum absolute atomic E-state index is 0. The van der Waals surface area contributed by atoms with Gasteiger partial charge in [0.25, 0.3) is 0 Å². The summed E-state index contributed by atoms with van der Waals surface area (Å²) in [6.45, 7) is 3.04. The van der Waals surface area contributed by atoms with Crippen LogP contribution in [0.2, 0.25) is 0 Å². The molecule has 0 saturated heterocycles. The maximum atomic E-state index is 12.2. The topological polar surface area (TPSA) is 88.1 Å². The zero-order valence-electron chi connectivity index (χ0n) is 13.1. The third-order valence-electron chi connectivity index (χ3n) is 3.53. The van der Waals surface area contributed by atoms with Crippen LogP contribution in [0.4, 0.5) is 5.69 Å². The van der Waals surface area contributed by atoms with Crippen molar-refractivity contribution in [2.24, 2.45) is 0 Å². The highest BCUT2D eigenvalue weighted by molar-refractivity contribution is 5.94. The molecule has 7 nitrogen and oxygen atoms in total. The molecule has 0 bridgehead atoms. The van der Waals surface area contributed by atoms with Gasteiger partial charge in [-0.25, -0.2) is 0 Å². The number of carbonyl (C=O) groups is 2. The first-order chi connectivity index (χ1) is 10.5. The van der Waals surface area contributed by atoms with Gasteiger partial charge in [0.15, 0.2) is 11.5 Å². The van der Waals surface area contributed by atoms with Crippen molar-refractivity contribution in [1.29, 1.82) is 0 Å². The van der Waals surface area contributed by atoms with E-state index in [1.165, 1.54) is 0 Å². The zero-order valence-corrected chi connectivity index (χ0v) is 13.9. The Morgan fingerprint density at radius 3 is 2.61 bits per heavy atom. The smallest absolute Gasteiger partial charge is 0.304 e. The number of rotatable bonds is 6. The Hall–Kier alpha value is -1.99. The Morgan fingerprint density at radius 2 is 1.96 bits per heavy atom. The van der Waals surface area contributed by atoms with E-state index in [2.05, 4.69) is 5.32 Å². The van der Waals surface area contributed by atoms with Crippen molar-refractivity contribution in [3.05, 3.63) is 18.2 Å². The van der Waals surface area contributed by atoms with Gasteiger partial charge in [0, 0.05) is 18.3 Å². The van der Waals surface area contributed by atoms with Crippen molar-refractivity contribution in [1.82, 2.24) is 4.90 Å².